The summed E-state index contributed by atoms with van der Waals surface area (Å²) in [6, 6.07) is 1.39. The van der Waals surface area contributed by atoms with Crippen LogP contribution < -0.4 is 5.73 Å². The van der Waals surface area contributed by atoms with E-state index in [1.165, 1.54) is 38.5 Å². The Kier molecular flexibility index (Phi) is 4.38. The Hall–Kier alpha value is -0.0800. The van der Waals surface area contributed by atoms with Crippen LogP contribution in [0.25, 0.3) is 0 Å². The van der Waals surface area contributed by atoms with Gasteiger partial charge in [0.2, 0.25) is 0 Å². The van der Waals surface area contributed by atoms with Gasteiger partial charge in [-0.1, -0.05) is 33.6 Å². The first-order valence-corrected chi connectivity index (χ1v) is 7.87. The molecule has 2 rings (SSSR count). The van der Waals surface area contributed by atoms with Gasteiger partial charge in [-0.15, -0.1) is 0 Å². The van der Waals surface area contributed by atoms with E-state index in [9.17, 15) is 0 Å². The zero-order chi connectivity index (χ0) is 13.3. The SMILES string of the molecule is CN(C(CN)C1CC1)C1CCCCC1C(C)(C)C. The molecule has 0 aliphatic heterocycles. The Morgan fingerprint density at radius 1 is 1.11 bits per heavy atom. The van der Waals surface area contributed by atoms with Crippen LogP contribution in [0.2, 0.25) is 0 Å². The van der Waals surface area contributed by atoms with E-state index in [0.717, 1.165) is 24.4 Å². The zero-order valence-electron chi connectivity index (χ0n) is 12.8. The van der Waals surface area contributed by atoms with E-state index in [1.54, 1.807) is 0 Å². The largest absolute Gasteiger partial charge is 0.329 e. The van der Waals surface area contributed by atoms with Gasteiger partial charge in [0, 0.05) is 18.6 Å². The average molecular weight is 252 g/mol. The quantitative estimate of drug-likeness (QED) is 0.832. The smallest absolute Gasteiger partial charge is 0.0246 e. The van der Waals surface area contributed by atoms with Gasteiger partial charge < -0.3 is 5.73 Å². The molecule has 0 bridgehead atoms. The third kappa shape index (κ3) is 3.08. The lowest BCUT2D eigenvalue weighted by Gasteiger charge is -2.47. The summed E-state index contributed by atoms with van der Waals surface area (Å²) in [5.74, 6) is 1.73. The minimum atomic E-state index is 0.433. The molecule has 3 unspecified atom stereocenters. The highest BCUT2D eigenvalue weighted by atomic mass is 15.2. The van der Waals surface area contributed by atoms with Crippen molar-refractivity contribution in [2.45, 2.75) is 71.4 Å². The van der Waals surface area contributed by atoms with Crippen molar-refractivity contribution in [3.05, 3.63) is 0 Å². The molecule has 2 fully saturated rings. The molecule has 106 valence electrons. The molecule has 0 heterocycles. The fourth-order valence-corrected chi connectivity index (χ4v) is 4.03. The van der Waals surface area contributed by atoms with Crippen molar-refractivity contribution in [1.82, 2.24) is 4.90 Å². The van der Waals surface area contributed by atoms with Crippen LogP contribution in [-0.2, 0) is 0 Å². The predicted molar refractivity (Wildman–Crippen MR) is 78.5 cm³/mol. The van der Waals surface area contributed by atoms with Crippen LogP contribution in [-0.4, -0.2) is 30.6 Å². The maximum Gasteiger partial charge on any atom is 0.0246 e. The minimum Gasteiger partial charge on any atom is -0.329 e. The fourth-order valence-electron chi connectivity index (χ4n) is 4.03. The zero-order valence-corrected chi connectivity index (χ0v) is 12.8. The topological polar surface area (TPSA) is 29.3 Å². The Morgan fingerprint density at radius 2 is 1.72 bits per heavy atom. The van der Waals surface area contributed by atoms with Gasteiger partial charge in [0.05, 0.1) is 0 Å². The summed E-state index contributed by atoms with van der Waals surface area (Å²) in [5, 5.41) is 0. The van der Waals surface area contributed by atoms with E-state index < -0.39 is 0 Å². The Morgan fingerprint density at radius 3 is 2.22 bits per heavy atom. The third-order valence-corrected chi connectivity index (χ3v) is 5.30. The van der Waals surface area contributed by atoms with Crippen molar-refractivity contribution in [2.24, 2.45) is 23.0 Å². The van der Waals surface area contributed by atoms with Gasteiger partial charge in [-0.25, -0.2) is 0 Å². The molecule has 2 aliphatic rings. The summed E-state index contributed by atoms with van der Waals surface area (Å²) >= 11 is 0. The molecule has 0 aromatic carbocycles. The lowest BCUT2D eigenvalue weighted by molar-refractivity contribution is 0.0288. The highest BCUT2D eigenvalue weighted by molar-refractivity contribution is 4.95. The molecule has 2 aliphatic carbocycles. The molecule has 0 amide bonds. The first-order valence-electron chi connectivity index (χ1n) is 7.87. The predicted octanol–water partition coefficient (Wildman–Crippen LogP) is 3.26. The molecule has 3 atom stereocenters. The lowest BCUT2D eigenvalue weighted by Crippen LogP contribution is -2.52. The normalized spacial score (nSPS) is 31.7. The van der Waals surface area contributed by atoms with Crippen molar-refractivity contribution in [3.63, 3.8) is 0 Å². The summed E-state index contributed by atoms with van der Waals surface area (Å²) in [6.45, 7) is 8.09. The fraction of sp³-hybridized carbons (Fsp3) is 1.00. The van der Waals surface area contributed by atoms with Crippen LogP contribution in [0.1, 0.15) is 59.3 Å². The molecule has 2 nitrogen and oxygen atoms in total. The highest BCUT2D eigenvalue weighted by Gasteiger charge is 2.41. The number of rotatable bonds is 4. The maximum absolute atomic E-state index is 6.03. The number of likely N-dealkylation sites (N-methyl/N-ethyl adjacent to an activating group) is 1. The van der Waals surface area contributed by atoms with Crippen molar-refractivity contribution >= 4 is 0 Å². The van der Waals surface area contributed by atoms with Crippen LogP contribution in [0.3, 0.4) is 0 Å². The van der Waals surface area contributed by atoms with Gasteiger partial charge >= 0.3 is 0 Å². The maximum atomic E-state index is 6.03. The summed E-state index contributed by atoms with van der Waals surface area (Å²) in [6.07, 6.45) is 8.41. The van der Waals surface area contributed by atoms with Gasteiger partial charge in [0.15, 0.2) is 0 Å². The molecule has 0 aromatic rings. The number of hydrogen-bond acceptors (Lipinski definition) is 2. The number of hydrogen-bond donors (Lipinski definition) is 1. The molecule has 2 N–H and O–H groups in total. The van der Waals surface area contributed by atoms with Crippen LogP contribution in [0.5, 0.6) is 0 Å². The van der Waals surface area contributed by atoms with E-state index in [0.29, 0.717) is 11.5 Å². The molecule has 2 heteroatoms. The van der Waals surface area contributed by atoms with Gasteiger partial charge in [-0.3, -0.25) is 4.90 Å². The van der Waals surface area contributed by atoms with Crippen molar-refractivity contribution in [2.75, 3.05) is 13.6 Å². The monoisotopic (exact) mass is 252 g/mol. The lowest BCUT2D eigenvalue weighted by atomic mass is 9.69. The molecule has 0 radical (unpaired) electrons. The second kappa shape index (κ2) is 5.50. The number of nitrogens with zero attached hydrogens (tertiary/aromatic N) is 1. The summed E-state index contributed by atoms with van der Waals surface area (Å²) in [4.78, 5) is 2.66. The van der Waals surface area contributed by atoms with Crippen molar-refractivity contribution in [1.29, 1.82) is 0 Å². The van der Waals surface area contributed by atoms with Crippen molar-refractivity contribution < 1.29 is 0 Å². The van der Waals surface area contributed by atoms with Gasteiger partial charge in [0.25, 0.3) is 0 Å². The van der Waals surface area contributed by atoms with Crippen LogP contribution in [0, 0.1) is 17.3 Å². The highest BCUT2D eigenvalue weighted by Crippen LogP contribution is 2.43. The van der Waals surface area contributed by atoms with E-state index in [2.05, 4.69) is 32.7 Å². The Balaban J connectivity index is 2.07. The minimum absolute atomic E-state index is 0.433. The third-order valence-electron chi connectivity index (χ3n) is 5.30. The van der Waals surface area contributed by atoms with Gasteiger partial charge in [0.1, 0.15) is 0 Å². The van der Waals surface area contributed by atoms with Crippen LogP contribution in [0.4, 0.5) is 0 Å². The van der Waals surface area contributed by atoms with Crippen molar-refractivity contribution in [3.8, 4) is 0 Å². The van der Waals surface area contributed by atoms with E-state index in [4.69, 9.17) is 5.73 Å². The van der Waals surface area contributed by atoms with E-state index in [1.807, 2.05) is 0 Å². The molecular weight excluding hydrogens is 220 g/mol. The van der Waals surface area contributed by atoms with Gasteiger partial charge in [-0.2, -0.15) is 0 Å². The summed E-state index contributed by atoms with van der Waals surface area (Å²) in [7, 11) is 2.34. The van der Waals surface area contributed by atoms with Gasteiger partial charge in [-0.05, 0) is 50.0 Å². The van der Waals surface area contributed by atoms with E-state index in [-0.39, 0.29) is 0 Å². The average Bonchev–Trinajstić information content (AvgIpc) is 3.13. The molecule has 0 spiro atoms. The Labute approximate surface area is 113 Å². The molecule has 2 saturated carbocycles. The molecular formula is C16H32N2. The summed E-state index contributed by atoms with van der Waals surface area (Å²) in [5.41, 5.74) is 6.47. The second-order valence-corrected chi connectivity index (χ2v) is 7.63. The molecule has 0 aromatic heterocycles. The van der Waals surface area contributed by atoms with E-state index >= 15 is 0 Å². The first kappa shape index (κ1) is 14.3. The standard InChI is InChI=1S/C16H32N2/c1-16(2,3)13-7-5-6-8-14(13)18(4)15(11-17)12-9-10-12/h12-15H,5-11,17H2,1-4H3. The molecule has 18 heavy (non-hydrogen) atoms. The molecule has 0 saturated heterocycles. The second-order valence-electron chi connectivity index (χ2n) is 7.63. The van der Waals surface area contributed by atoms with Crippen LogP contribution in [0.15, 0.2) is 0 Å². The number of nitrogens with two attached hydrogens (primary N) is 1. The van der Waals surface area contributed by atoms with Crippen LogP contribution >= 0.6 is 0 Å². The first-order chi connectivity index (χ1) is 8.45. The Bertz CT molecular complexity index is 265. The summed E-state index contributed by atoms with van der Waals surface area (Å²) < 4.78 is 0.